The molecule has 0 atom stereocenters. The molecule has 158 valence electrons. The zero-order chi connectivity index (χ0) is 21.6. The van der Waals surface area contributed by atoms with Crippen LogP contribution >= 0.6 is 0 Å². The average Bonchev–Trinajstić information content (AvgIpc) is 2.67. The molecule has 0 saturated carbocycles. The number of aryl methyl sites for hydroxylation is 2. The maximum atomic E-state index is 12.0. The Hall–Kier alpha value is -2.58. The lowest BCUT2D eigenvalue weighted by molar-refractivity contribution is -0.123. The number of sulfonamides is 1. The highest BCUT2D eigenvalue weighted by molar-refractivity contribution is 7.89. The van der Waals surface area contributed by atoms with Crippen LogP contribution in [0.15, 0.2) is 41.3 Å². The molecule has 0 heterocycles. The van der Waals surface area contributed by atoms with E-state index >= 15 is 0 Å². The number of benzene rings is 2. The molecule has 2 rings (SSSR count). The van der Waals surface area contributed by atoms with Crippen LogP contribution in [0.2, 0.25) is 0 Å². The van der Waals surface area contributed by atoms with Gasteiger partial charge in [-0.05, 0) is 67.8 Å². The van der Waals surface area contributed by atoms with Crippen molar-refractivity contribution in [1.29, 1.82) is 0 Å². The van der Waals surface area contributed by atoms with Gasteiger partial charge >= 0.3 is 0 Å². The fourth-order valence-corrected chi connectivity index (χ4v) is 3.52. The van der Waals surface area contributed by atoms with Crippen molar-refractivity contribution in [3.63, 3.8) is 0 Å². The number of hydrogen-bond acceptors (Lipinski definition) is 5. The molecule has 0 aliphatic rings. The smallest absolute Gasteiger partial charge is 0.258 e. The molecule has 0 aliphatic carbocycles. The highest BCUT2D eigenvalue weighted by Crippen LogP contribution is 2.23. The van der Waals surface area contributed by atoms with E-state index in [1.165, 1.54) is 26.2 Å². The molecule has 29 heavy (non-hydrogen) atoms. The molecule has 0 radical (unpaired) electrons. The van der Waals surface area contributed by atoms with Crippen LogP contribution in [0.3, 0.4) is 0 Å². The van der Waals surface area contributed by atoms with Crippen molar-refractivity contribution in [2.24, 2.45) is 0 Å². The van der Waals surface area contributed by atoms with E-state index in [0.717, 1.165) is 21.0 Å². The highest BCUT2D eigenvalue weighted by Gasteiger charge is 2.16. The van der Waals surface area contributed by atoms with Gasteiger partial charge in [0.15, 0.2) is 6.61 Å². The van der Waals surface area contributed by atoms with Gasteiger partial charge in [-0.25, -0.2) is 12.7 Å². The lowest BCUT2D eigenvalue weighted by atomic mass is 10.1. The van der Waals surface area contributed by atoms with Crippen molar-refractivity contribution in [2.75, 3.05) is 33.9 Å². The van der Waals surface area contributed by atoms with E-state index in [2.05, 4.69) is 11.4 Å². The Labute approximate surface area is 172 Å². The Balaban J connectivity index is 1.76. The van der Waals surface area contributed by atoms with E-state index in [0.29, 0.717) is 18.0 Å². The van der Waals surface area contributed by atoms with Crippen molar-refractivity contribution in [2.45, 2.75) is 25.7 Å². The van der Waals surface area contributed by atoms with Crippen LogP contribution in [0.5, 0.6) is 11.5 Å². The van der Waals surface area contributed by atoms with E-state index < -0.39 is 10.0 Å². The number of amides is 1. The molecule has 0 unspecified atom stereocenters. The molecule has 7 nitrogen and oxygen atoms in total. The second-order valence-corrected chi connectivity index (χ2v) is 9.10. The first-order chi connectivity index (χ1) is 13.6. The first-order valence-electron chi connectivity index (χ1n) is 9.24. The predicted molar refractivity (Wildman–Crippen MR) is 112 cm³/mol. The summed E-state index contributed by atoms with van der Waals surface area (Å²) in [7, 11) is -0.502. The number of nitrogens with zero attached hydrogens (tertiary/aromatic N) is 1. The summed E-state index contributed by atoms with van der Waals surface area (Å²) in [5.74, 6) is 1.00. The van der Waals surface area contributed by atoms with Crippen LogP contribution in [0.1, 0.15) is 16.7 Å². The van der Waals surface area contributed by atoms with Crippen LogP contribution in [0.25, 0.3) is 0 Å². The topological polar surface area (TPSA) is 84.9 Å². The summed E-state index contributed by atoms with van der Waals surface area (Å²) in [6, 6.07) is 10.1. The van der Waals surface area contributed by atoms with Gasteiger partial charge in [0.1, 0.15) is 18.1 Å². The van der Waals surface area contributed by atoms with Gasteiger partial charge in [-0.15, -0.1) is 0 Å². The molecule has 1 N–H and O–H groups in total. The van der Waals surface area contributed by atoms with Gasteiger partial charge in [-0.3, -0.25) is 4.79 Å². The zero-order valence-corrected chi connectivity index (χ0v) is 18.3. The van der Waals surface area contributed by atoms with Gasteiger partial charge in [0.05, 0.1) is 11.4 Å². The van der Waals surface area contributed by atoms with Crippen LogP contribution in [-0.4, -0.2) is 52.5 Å². The zero-order valence-electron chi connectivity index (χ0n) is 17.5. The summed E-state index contributed by atoms with van der Waals surface area (Å²) in [6.07, 6.45) is 0. The third kappa shape index (κ3) is 6.20. The minimum Gasteiger partial charge on any atom is -0.492 e. The minimum absolute atomic E-state index is 0.0686. The quantitative estimate of drug-likeness (QED) is 0.630. The number of ether oxygens (including phenoxy) is 2. The van der Waals surface area contributed by atoms with Gasteiger partial charge in [0, 0.05) is 14.1 Å². The summed E-state index contributed by atoms with van der Waals surface area (Å²) in [5.41, 5.74) is 3.23. The second kappa shape index (κ2) is 9.76. The summed E-state index contributed by atoms with van der Waals surface area (Å²) >= 11 is 0. The predicted octanol–water partition coefficient (Wildman–Crippen LogP) is 2.44. The van der Waals surface area contributed by atoms with Crippen molar-refractivity contribution < 1.29 is 22.7 Å². The van der Waals surface area contributed by atoms with E-state index in [1.54, 1.807) is 12.1 Å². The van der Waals surface area contributed by atoms with Crippen LogP contribution in [0, 0.1) is 20.8 Å². The lowest BCUT2D eigenvalue weighted by Crippen LogP contribution is -2.32. The number of nitrogens with one attached hydrogen (secondary N) is 1. The Morgan fingerprint density at radius 2 is 1.69 bits per heavy atom. The summed E-state index contributed by atoms with van der Waals surface area (Å²) in [5, 5.41) is 2.73. The fraction of sp³-hybridized carbons (Fsp3) is 0.381. The largest absolute Gasteiger partial charge is 0.492 e. The standard InChI is InChI=1S/C21H28N2O5S/c1-15-12-16(2)17(3)20(13-15)28-14-21(24)22-10-11-27-18-6-8-19(9-7-18)29(25,26)23(4)5/h6-9,12-13H,10-11,14H2,1-5H3,(H,22,24). The number of rotatable bonds is 9. The van der Waals surface area contributed by atoms with Crippen LogP contribution in [-0.2, 0) is 14.8 Å². The Morgan fingerprint density at radius 3 is 2.31 bits per heavy atom. The summed E-state index contributed by atoms with van der Waals surface area (Å²) < 4.78 is 36.4. The molecular formula is C21H28N2O5S. The molecule has 8 heteroatoms. The molecule has 0 saturated heterocycles. The lowest BCUT2D eigenvalue weighted by Gasteiger charge is -2.13. The number of carbonyl (C=O) groups is 1. The highest BCUT2D eigenvalue weighted by atomic mass is 32.2. The maximum absolute atomic E-state index is 12.0. The molecule has 0 bridgehead atoms. The minimum atomic E-state index is -3.46. The average molecular weight is 421 g/mol. The molecule has 0 aliphatic heterocycles. The van der Waals surface area contributed by atoms with Crippen molar-refractivity contribution in [3.8, 4) is 11.5 Å². The van der Waals surface area contributed by atoms with E-state index in [9.17, 15) is 13.2 Å². The fourth-order valence-electron chi connectivity index (χ4n) is 2.62. The molecular weight excluding hydrogens is 392 g/mol. The Bertz CT molecular complexity index is 954. The summed E-state index contributed by atoms with van der Waals surface area (Å²) in [4.78, 5) is 12.2. The van der Waals surface area contributed by atoms with Crippen molar-refractivity contribution in [1.82, 2.24) is 9.62 Å². The molecule has 0 spiro atoms. The van der Waals surface area contributed by atoms with Crippen molar-refractivity contribution in [3.05, 3.63) is 53.1 Å². The SMILES string of the molecule is Cc1cc(C)c(C)c(OCC(=O)NCCOc2ccc(S(=O)(=O)N(C)C)cc2)c1. The van der Waals surface area contributed by atoms with Gasteiger partial charge in [-0.2, -0.15) is 0 Å². The maximum Gasteiger partial charge on any atom is 0.258 e. The first-order valence-corrected chi connectivity index (χ1v) is 10.7. The first kappa shape index (κ1) is 22.7. The van der Waals surface area contributed by atoms with Gasteiger partial charge in [-0.1, -0.05) is 6.07 Å². The number of carbonyl (C=O) groups excluding carboxylic acids is 1. The van der Waals surface area contributed by atoms with Crippen molar-refractivity contribution >= 4 is 15.9 Å². The second-order valence-electron chi connectivity index (χ2n) is 6.95. The molecule has 0 aromatic heterocycles. The monoisotopic (exact) mass is 420 g/mol. The van der Waals surface area contributed by atoms with Gasteiger partial charge < -0.3 is 14.8 Å². The Kier molecular flexibility index (Phi) is 7.64. The molecule has 2 aromatic carbocycles. The van der Waals surface area contributed by atoms with Crippen LogP contribution < -0.4 is 14.8 Å². The molecule has 1 amide bonds. The van der Waals surface area contributed by atoms with E-state index in [1.807, 2.05) is 26.8 Å². The normalized spacial score (nSPS) is 11.4. The Morgan fingerprint density at radius 1 is 1.03 bits per heavy atom. The third-order valence-electron chi connectivity index (χ3n) is 4.42. The number of hydrogen-bond donors (Lipinski definition) is 1. The van der Waals surface area contributed by atoms with Gasteiger partial charge in [0.2, 0.25) is 10.0 Å². The van der Waals surface area contributed by atoms with E-state index in [-0.39, 0.29) is 24.0 Å². The third-order valence-corrected chi connectivity index (χ3v) is 6.25. The summed E-state index contributed by atoms with van der Waals surface area (Å²) in [6.45, 7) is 6.46. The van der Waals surface area contributed by atoms with E-state index in [4.69, 9.17) is 9.47 Å². The van der Waals surface area contributed by atoms with Crippen LogP contribution in [0.4, 0.5) is 0 Å². The molecule has 0 fully saturated rings. The van der Waals surface area contributed by atoms with Gasteiger partial charge in [0.25, 0.3) is 5.91 Å². The molecule has 2 aromatic rings.